The van der Waals surface area contributed by atoms with Gasteiger partial charge in [0.1, 0.15) is 6.04 Å². The molecule has 2 amide bonds. The van der Waals surface area contributed by atoms with Gasteiger partial charge in [-0.25, -0.2) is 0 Å². The number of thioether (sulfide) groups is 2. The van der Waals surface area contributed by atoms with E-state index >= 15 is 0 Å². The van der Waals surface area contributed by atoms with Crippen LogP contribution in [0, 0.1) is 0 Å². The van der Waals surface area contributed by atoms with Crippen LogP contribution in [0.5, 0.6) is 0 Å². The van der Waals surface area contributed by atoms with Crippen LogP contribution in [0.25, 0.3) is 0 Å². The molecule has 2 heterocycles. The zero-order chi connectivity index (χ0) is 15.4. The largest absolute Gasteiger partial charge is 0.339 e. The van der Waals surface area contributed by atoms with Crippen LogP contribution in [0.1, 0.15) is 32.1 Å². The van der Waals surface area contributed by atoms with E-state index in [-0.39, 0.29) is 17.9 Å². The van der Waals surface area contributed by atoms with Gasteiger partial charge in [0.2, 0.25) is 11.8 Å². The first-order valence-electron chi connectivity index (χ1n) is 8.20. The van der Waals surface area contributed by atoms with Crippen molar-refractivity contribution in [3.63, 3.8) is 0 Å². The molecule has 0 radical (unpaired) electrons. The van der Waals surface area contributed by atoms with E-state index in [9.17, 15) is 9.59 Å². The van der Waals surface area contributed by atoms with E-state index in [1.165, 1.54) is 24.8 Å². The van der Waals surface area contributed by atoms with E-state index in [1.807, 2.05) is 22.7 Å². The number of rotatable bonds is 2. The van der Waals surface area contributed by atoms with Crippen molar-refractivity contribution in [1.29, 1.82) is 0 Å². The number of amides is 2. The molecule has 2 saturated heterocycles. The van der Waals surface area contributed by atoms with Crippen LogP contribution < -0.4 is 0 Å². The van der Waals surface area contributed by atoms with E-state index in [0.29, 0.717) is 5.88 Å². The Bertz CT molecular complexity index is 453. The van der Waals surface area contributed by atoms with Gasteiger partial charge in [-0.05, 0) is 25.7 Å². The molecular weight excluding hydrogens is 316 g/mol. The highest BCUT2D eigenvalue weighted by Gasteiger charge is 2.36. The minimum absolute atomic E-state index is 0.0478. The van der Waals surface area contributed by atoms with Gasteiger partial charge < -0.3 is 9.80 Å². The maximum atomic E-state index is 12.7. The topological polar surface area (TPSA) is 40.6 Å². The van der Waals surface area contributed by atoms with Gasteiger partial charge in [0.25, 0.3) is 0 Å². The van der Waals surface area contributed by atoms with Gasteiger partial charge in [0.15, 0.2) is 0 Å². The summed E-state index contributed by atoms with van der Waals surface area (Å²) in [5.41, 5.74) is 1.27. The van der Waals surface area contributed by atoms with Crippen molar-refractivity contribution in [3.05, 3.63) is 11.6 Å². The van der Waals surface area contributed by atoms with Gasteiger partial charge in [0, 0.05) is 36.4 Å². The second-order valence-corrected chi connectivity index (χ2v) is 8.35. The molecule has 0 aromatic carbocycles. The molecule has 0 aromatic rings. The summed E-state index contributed by atoms with van der Waals surface area (Å²) in [5, 5.41) is 0. The predicted molar refractivity (Wildman–Crippen MR) is 93.0 cm³/mol. The number of allylic oxidation sites excluding steroid dienone is 1. The normalized spacial score (nSPS) is 26.2. The third-order valence-electron chi connectivity index (χ3n) is 4.60. The Labute approximate surface area is 141 Å². The average Bonchev–Trinajstić information content (AvgIpc) is 3.05. The summed E-state index contributed by atoms with van der Waals surface area (Å²) in [6, 6.07) is -0.249. The fourth-order valence-electron chi connectivity index (χ4n) is 3.27. The second kappa shape index (κ2) is 7.77. The van der Waals surface area contributed by atoms with Gasteiger partial charge >= 0.3 is 0 Å². The molecule has 1 aliphatic carbocycles. The maximum absolute atomic E-state index is 12.7. The second-order valence-electron chi connectivity index (χ2n) is 6.12. The zero-order valence-electron chi connectivity index (χ0n) is 13.0. The molecule has 3 rings (SSSR count). The van der Waals surface area contributed by atoms with Gasteiger partial charge in [-0.2, -0.15) is 11.8 Å². The summed E-state index contributed by atoms with van der Waals surface area (Å²) in [6.07, 6.45) is 7.59. The molecule has 3 aliphatic rings. The highest BCUT2D eigenvalue weighted by molar-refractivity contribution is 7.99. The Morgan fingerprint density at radius 2 is 1.77 bits per heavy atom. The first-order chi connectivity index (χ1) is 10.8. The number of carbonyl (C=O) groups excluding carboxylic acids is 2. The van der Waals surface area contributed by atoms with Gasteiger partial charge in [0.05, 0.1) is 5.88 Å². The molecule has 1 unspecified atom stereocenters. The molecule has 0 bridgehead atoms. The third kappa shape index (κ3) is 3.82. The van der Waals surface area contributed by atoms with Crippen molar-refractivity contribution in [3.8, 4) is 0 Å². The average molecular weight is 341 g/mol. The quantitative estimate of drug-likeness (QED) is 0.724. The molecular formula is C16H24N2O2S2. The maximum Gasteiger partial charge on any atom is 0.247 e. The molecule has 3 fully saturated rings. The summed E-state index contributed by atoms with van der Waals surface area (Å²) in [5.74, 6) is 3.64. The molecule has 1 saturated carbocycles. The van der Waals surface area contributed by atoms with Crippen LogP contribution in [0.2, 0.25) is 0 Å². The Morgan fingerprint density at radius 1 is 1.05 bits per heavy atom. The lowest BCUT2D eigenvalue weighted by Crippen LogP contribution is -2.50. The van der Waals surface area contributed by atoms with Crippen molar-refractivity contribution in [2.45, 2.75) is 38.1 Å². The van der Waals surface area contributed by atoms with E-state index in [0.717, 1.165) is 43.2 Å². The van der Waals surface area contributed by atoms with Crippen LogP contribution >= 0.6 is 23.5 Å². The van der Waals surface area contributed by atoms with E-state index < -0.39 is 0 Å². The van der Waals surface area contributed by atoms with Crippen LogP contribution in [0.15, 0.2) is 11.6 Å². The van der Waals surface area contributed by atoms with Gasteiger partial charge in [-0.1, -0.05) is 12.0 Å². The SMILES string of the molecule is O=C(C1CSCN1C(=O)C=C1CCCCC1)N1CCSCC1. The summed E-state index contributed by atoms with van der Waals surface area (Å²) in [6.45, 7) is 1.65. The van der Waals surface area contributed by atoms with Crippen molar-refractivity contribution in [2.75, 3.05) is 36.2 Å². The fraction of sp³-hybridized carbons (Fsp3) is 0.750. The molecule has 22 heavy (non-hydrogen) atoms. The van der Waals surface area contributed by atoms with Gasteiger partial charge in [-0.15, -0.1) is 11.8 Å². The first-order valence-corrected chi connectivity index (χ1v) is 10.5. The predicted octanol–water partition coefficient (Wildman–Crippen LogP) is 2.35. The molecule has 0 spiro atoms. The Kier molecular flexibility index (Phi) is 5.74. The molecule has 0 N–H and O–H groups in total. The van der Waals surface area contributed by atoms with E-state index in [4.69, 9.17) is 0 Å². The van der Waals surface area contributed by atoms with Crippen LogP contribution in [0.4, 0.5) is 0 Å². The lowest BCUT2D eigenvalue weighted by atomic mass is 9.94. The summed E-state index contributed by atoms with van der Waals surface area (Å²) < 4.78 is 0. The first kappa shape index (κ1) is 16.2. The van der Waals surface area contributed by atoms with E-state index in [2.05, 4.69) is 0 Å². The summed E-state index contributed by atoms with van der Waals surface area (Å²) >= 11 is 3.60. The molecule has 4 nitrogen and oxygen atoms in total. The summed E-state index contributed by atoms with van der Waals surface area (Å²) in [7, 11) is 0. The monoisotopic (exact) mass is 340 g/mol. The van der Waals surface area contributed by atoms with E-state index in [1.54, 1.807) is 16.7 Å². The molecule has 122 valence electrons. The highest BCUT2D eigenvalue weighted by Crippen LogP contribution is 2.26. The molecule has 2 aliphatic heterocycles. The molecule has 1 atom stereocenters. The zero-order valence-corrected chi connectivity index (χ0v) is 14.6. The number of hydrogen-bond acceptors (Lipinski definition) is 4. The number of carbonyl (C=O) groups is 2. The minimum atomic E-state index is -0.249. The lowest BCUT2D eigenvalue weighted by molar-refractivity contribution is -0.141. The third-order valence-corrected chi connectivity index (χ3v) is 6.55. The van der Waals surface area contributed by atoms with Crippen molar-refractivity contribution < 1.29 is 9.59 Å². The van der Waals surface area contributed by atoms with Gasteiger partial charge in [-0.3, -0.25) is 9.59 Å². The minimum Gasteiger partial charge on any atom is -0.339 e. The fourth-order valence-corrected chi connectivity index (χ4v) is 5.32. The number of hydrogen-bond donors (Lipinski definition) is 0. The highest BCUT2D eigenvalue weighted by atomic mass is 32.2. The standard InChI is InChI=1S/C16H24N2O2S2/c19-15(10-13-4-2-1-3-5-13)18-12-22-11-14(18)16(20)17-6-8-21-9-7-17/h10,14H,1-9,11-12H2. The summed E-state index contributed by atoms with van der Waals surface area (Å²) in [4.78, 5) is 29.0. The van der Waals surface area contributed by atoms with Crippen molar-refractivity contribution in [1.82, 2.24) is 9.80 Å². The Hall–Kier alpha value is -0.620. The molecule has 0 aromatic heterocycles. The Morgan fingerprint density at radius 3 is 2.50 bits per heavy atom. The van der Waals surface area contributed by atoms with Crippen molar-refractivity contribution in [2.24, 2.45) is 0 Å². The van der Waals surface area contributed by atoms with Crippen LogP contribution in [-0.4, -0.2) is 63.9 Å². The smallest absolute Gasteiger partial charge is 0.247 e. The van der Waals surface area contributed by atoms with Crippen LogP contribution in [-0.2, 0) is 9.59 Å². The number of nitrogens with zero attached hydrogens (tertiary/aromatic N) is 2. The van der Waals surface area contributed by atoms with Crippen molar-refractivity contribution >= 4 is 35.3 Å². The lowest BCUT2D eigenvalue weighted by Gasteiger charge is -2.31. The van der Waals surface area contributed by atoms with Crippen LogP contribution in [0.3, 0.4) is 0 Å². The Balaban J connectivity index is 1.64. The molecule has 6 heteroatoms.